The molecule has 2 heterocycles. The number of H-pyrrole nitrogens is 1. The van der Waals surface area contributed by atoms with E-state index in [1.54, 1.807) is 6.33 Å². The van der Waals surface area contributed by atoms with Crippen molar-refractivity contribution in [2.45, 2.75) is 38.6 Å². The van der Waals surface area contributed by atoms with Gasteiger partial charge in [-0.2, -0.15) is 0 Å². The molecule has 0 bridgehead atoms. The van der Waals surface area contributed by atoms with Gasteiger partial charge in [0.25, 0.3) is 5.91 Å². The second-order valence-corrected chi connectivity index (χ2v) is 6.96. The highest BCUT2D eigenvalue weighted by molar-refractivity contribution is 5.97. The molecule has 4 heteroatoms. The molecule has 25 heavy (non-hydrogen) atoms. The summed E-state index contributed by atoms with van der Waals surface area (Å²) < 4.78 is 0. The first-order valence-electron chi connectivity index (χ1n) is 8.99. The summed E-state index contributed by atoms with van der Waals surface area (Å²) in [5, 5.41) is 0. The van der Waals surface area contributed by atoms with Gasteiger partial charge in [0.1, 0.15) is 0 Å². The van der Waals surface area contributed by atoms with E-state index in [1.165, 1.54) is 11.1 Å². The van der Waals surface area contributed by atoms with Gasteiger partial charge < -0.3 is 9.88 Å². The zero-order valence-electron chi connectivity index (χ0n) is 14.7. The number of amides is 1. The van der Waals surface area contributed by atoms with E-state index in [4.69, 9.17) is 0 Å². The summed E-state index contributed by atoms with van der Waals surface area (Å²) in [5.74, 6) is 0.454. The maximum atomic E-state index is 13.3. The zero-order chi connectivity index (χ0) is 17.4. The maximum absolute atomic E-state index is 13.3. The van der Waals surface area contributed by atoms with E-state index in [-0.39, 0.29) is 11.9 Å². The monoisotopic (exact) mass is 333 g/mol. The Morgan fingerprint density at radius 3 is 2.96 bits per heavy atom. The van der Waals surface area contributed by atoms with Crippen LogP contribution in [0.15, 0.2) is 48.8 Å². The van der Waals surface area contributed by atoms with E-state index in [0.717, 1.165) is 36.0 Å². The van der Waals surface area contributed by atoms with Crippen molar-refractivity contribution in [3.05, 3.63) is 65.5 Å². The molecule has 2 aromatic carbocycles. The van der Waals surface area contributed by atoms with Crippen molar-refractivity contribution in [1.29, 1.82) is 0 Å². The normalized spacial score (nSPS) is 20.3. The number of nitrogens with zero attached hydrogens (tertiary/aromatic N) is 2. The molecule has 1 N–H and O–H groups in total. The van der Waals surface area contributed by atoms with Gasteiger partial charge in [-0.3, -0.25) is 4.79 Å². The van der Waals surface area contributed by atoms with E-state index in [2.05, 4.69) is 53.0 Å². The summed E-state index contributed by atoms with van der Waals surface area (Å²) >= 11 is 0. The van der Waals surface area contributed by atoms with E-state index in [9.17, 15) is 4.79 Å². The SMILES string of the molecule is CCC1Cc2ccccc2C(C)CN1C(=O)c1ccc2nc[nH]c2c1. The smallest absolute Gasteiger partial charge is 0.254 e. The average Bonchev–Trinajstić information content (AvgIpc) is 3.06. The van der Waals surface area contributed by atoms with Crippen molar-refractivity contribution in [3.8, 4) is 0 Å². The number of aromatic amines is 1. The van der Waals surface area contributed by atoms with Crippen LogP contribution in [0.2, 0.25) is 0 Å². The Kier molecular flexibility index (Phi) is 4.04. The minimum absolute atomic E-state index is 0.114. The molecule has 1 aliphatic heterocycles. The second-order valence-electron chi connectivity index (χ2n) is 6.96. The molecule has 2 unspecified atom stereocenters. The lowest BCUT2D eigenvalue weighted by Gasteiger charge is -2.31. The number of imidazole rings is 1. The summed E-state index contributed by atoms with van der Waals surface area (Å²) in [6.07, 6.45) is 3.55. The van der Waals surface area contributed by atoms with Crippen LogP contribution in [0.1, 0.15) is 47.7 Å². The molecule has 4 nitrogen and oxygen atoms in total. The number of rotatable bonds is 2. The molecule has 0 saturated heterocycles. The van der Waals surface area contributed by atoms with Crippen molar-refractivity contribution >= 4 is 16.9 Å². The van der Waals surface area contributed by atoms with Gasteiger partial charge in [-0.25, -0.2) is 4.98 Å². The first kappa shape index (κ1) is 15.9. The topological polar surface area (TPSA) is 49.0 Å². The maximum Gasteiger partial charge on any atom is 0.254 e. The van der Waals surface area contributed by atoms with Gasteiger partial charge in [0, 0.05) is 18.2 Å². The molecule has 0 saturated carbocycles. The van der Waals surface area contributed by atoms with Gasteiger partial charge in [-0.05, 0) is 48.1 Å². The summed E-state index contributed by atoms with van der Waals surface area (Å²) in [6.45, 7) is 5.15. The molecule has 0 spiro atoms. The number of benzene rings is 2. The fourth-order valence-electron chi connectivity index (χ4n) is 3.96. The number of nitrogens with one attached hydrogen (secondary N) is 1. The highest BCUT2D eigenvalue weighted by Gasteiger charge is 2.30. The van der Waals surface area contributed by atoms with Gasteiger partial charge in [0.05, 0.1) is 17.4 Å². The third kappa shape index (κ3) is 2.82. The van der Waals surface area contributed by atoms with Crippen molar-refractivity contribution < 1.29 is 4.79 Å². The molecule has 4 rings (SSSR count). The van der Waals surface area contributed by atoms with Crippen LogP contribution < -0.4 is 0 Å². The van der Waals surface area contributed by atoms with Crippen molar-refractivity contribution in [2.75, 3.05) is 6.54 Å². The Morgan fingerprint density at radius 1 is 1.28 bits per heavy atom. The number of carbonyl (C=O) groups is 1. The van der Waals surface area contributed by atoms with Crippen LogP contribution in [-0.2, 0) is 6.42 Å². The Balaban J connectivity index is 1.69. The predicted molar refractivity (Wildman–Crippen MR) is 99.8 cm³/mol. The molecule has 3 aromatic rings. The predicted octanol–water partition coefficient (Wildman–Crippen LogP) is 4.14. The van der Waals surface area contributed by atoms with Crippen LogP contribution in [0.5, 0.6) is 0 Å². The molecule has 0 radical (unpaired) electrons. The fourth-order valence-corrected chi connectivity index (χ4v) is 3.96. The summed E-state index contributed by atoms with van der Waals surface area (Å²) in [7, 11) is 0. The fraction of sp³-hybridized carbons (Fsp3) is 0.333. The van der Waals surface area contributed by atoms with Crippen LogP contribution in [0, 0.1) is 0 Å². The highest BCUT2D eigenvalue weighted by atomic mass is 16.2. The van der Waals surface area contributed by atoms with Crippen molar-refractivity contribution in [3.63, 3.8) is 0 Å². The quantitative estimate of drug-likeness (QED) is 0.766. The minimum Gasteiger partial charge on any atom is -0.345 e. The molecule has 1 amide bonds. The molecule has 128 valence electrons. The third-order valence-electron chi connectivity index (χ3n) is 5.35. The summed E-state index contributed by atoms with van der Waals surface area (Å²) in [4.78, 5) is 22.7. The van der Waals surface area contributed by atoms with Crippen LogP contribution in [-0.4, -0.2) is 33.4 Å². The molecule has 1 aliphatic rings. The van der Waals surface area contributed by atoms with E-state index >= 15 is 0 Å². The number of hydrogen-bond donors (Lipinski definition) is 1. The Bertz CT molecular complexity index is 914. The molecule has 0 aliphatic carbocycles. The highest BCUT2D eigenvalue weighted by Crippen LogP contribution is 2.30. The van der Waals surface area contributed by atoms with Gasteiger partial charge in [-0.15, -0.1) is 0 Å². The largest absolute Gasteiger partial charge is 0.345 e. The molecule has 1 aromatic heterocycles. The van der Waals surface area contributed by atoms with Crippen molar-refractivity contribution in [2.24, 2.45) is 0 Å². The van der Waals surface area contributed by atoms with Gasteiger partial charge >= 0.3 is 0 Å². The van der Waals surface area contributed by atoms with Crippen LogP contribution >= 0.6 is 0 Å². The Morgan fingerprint density at radius 2 is 2.12 bits per heavy atom. The molecular weight excluding hydrogens is 310 g/mol. The van der Waals surface area contributed by atoms with E-state index in [1.807, 2.05) is 18.2 Å². The van der Waals surface area contributed by atoms with Gasteiger partial charge in [0.2, 0.25) is 0 Å². The van der Waals surface area contributed by atoms with E-state index in [0.29, 0.717) is 5.92 Å². The first-order chi connectivity index (χ1) is 12.2. The molecular formula is C21H23N3O. The van der Waals surface area contributed by atoms with Crippen LogP contribution in [0.25, 0.3) is 11.0 Å². The number of aromatic nitrogens is 2. The summed E-state index contributed by atoms with van der Waals surface area (Å²) in [5.41, 5.74) is 5.28. The second kappa shape index (κ2) is 6.36. The Hall–Kier alpha value is -2.62. The third-order valence-corrected chi connectivity index (χ3v) is 5.35. The molecule has 0 fully saturated rings. The lowest BCUT2D eigenvalue weighted by Crippen LogP contribution is -2.41. The standard InChI is InChI=1S/C21H23N3O/c1-3-17-10-15-6-4-5-7-18(15)14(2)12-24(17)21(25)16-8-9-19-20(11-16)23-13-22-19/h4-9,11,13-14,17H,3,10,12H2,1-2H3,(H,22,23). The number of fused-ring (bicyclic) bond motifs is 2. The summed E-state index contributed by atoms with van der Waals surface area (Å²) in [6, 6.07) is 14.6. The van der Waals surface area contributed by atoms with Gasteiger partial charge in [-0.1, -0.05) is 38.1 Å². The number of hydrogen-bond acceptors (Lipinski definition) is 2. The van der Waals surface area contributed by atoms with Crippen molar-refractivity contribution in [1.82, 2.24) is 14.9 Å². The number of carbonyl (C=O) groups excluding carboxylic acids is 1. The molecule has 2 atom stereocenters. The van der Waals surface area contributed by atoms with Gasteiger partial charge in [0.15, 0.2) is 0 Å². The van der Waals surface area contributed by atoms with Crippen LogP contribution in [0.3, 0.4) is 0 Å². The van der Waals surface area contributed by atoms with E-state index < -0.39 is 0 Å². The average molecular weight is 333 g/mol. The first-order valence-corrected chi connectivity index (χ1v) is 8.99. The zero-order valence-corrected chi connectivity index (χ0v) is 14.7. The minimum atomic E-state index is 0.114. The van der Waals surface area contributed by atoms with Crippen LogP contribution in [0.4, 0.5) is 0 Å². The lowest BCUT2D eigenvalue weighted by atomic mass is 9.94. The lowest BCUT2D eigenvalue weighted by molar-refractivity contribution is 0.0669. The Labute approximate surface area is 147 Å².